The molecule has 1 unspecified atom stereocenters. The minimum atomic E-state index is 0.152. The second kappa shape index (κ2) is 6.73. The van der Waals surface area contributed by atoms with Crippen LogP contribution in [0.1, 0.15) is 12.0 Å². The molecule has 0 aliphatic carbocycles. The summed E-state index contributed by atoms with van der Waals surface area (Å²) in [7, 11) is 0. The van der Waals surface area contributed by atoms with Crippen LogP contribution in [-0.2, 0) is 6.54 Å². The molecule has 100 valence electrons. The fourth-order valence-corrected chi connectivity index (χ4v) is 2.71. The zero-order chi connectivity index (χ0) is 13.0. The van der Waals surface area contributed by atoms with Crippen LogP contribution in [0.25, 0.3) is 0 Å². The molecule has 0 amide bonds. The number of halogens is 2. The Hall–Kier alpha value is -0.320. The molecule has 0 aromatic heterocycles. The fraction of sp³-hybridized carbons (Fsp3) is 0.538. The number of aliphatic hydroxyl groups is 1. The Bertz CT molecular complexity index is 401. The smallest absolute Gasteiger partial charge is 0.0599 e. The number of benzene rings is 1. The number of hydrogen-bond donors (Lipinski definition) is 2. The van der Waals surface area contributed by atoms with E-state index in [1.54, 1.807) is 6.07 Å². The van der Waals surface area contributed by atoms with E-state index in [1.807, 2.05) is 12.1 Å². The fourth-order valence-electron chi connectivity index (χ4n) is 2.24. The van der Waals surface area contributed by atoms with Crippen LogP contribution >= 0.6 is 23.2 Å². The van der Waals surface area contributed by atoms with Crippen molar-refractivity contribution in [1.29, 1.82) is 0 Å². The predicted molar refractivity (Wildman–Crippen MR) is 75.2 cm³/mol. The zero-order valence-corrected chi connectivity index (χ0v) is 11.7. The van der Waals surface area contributed by atoms with Crippen molar-refractivity contribution in [3.63, 3.8) is 0 Å². The van der Waals surface area contributed by atoms with E-state index in [-0.39, 0.29) is 12.6 Å². The molecule has 1 aliphatic rings. The van der Waals surface area contributed by atoms with Crippen molar-refractivity contribution in [3.8, 4) is 0 Å². The summed E-state index contributed by atoms with van der Waals surface area (Å²) >= 11 is 12.1. The summed E-state index contributed by atoms with van der Waals surface area (Å²) in [5.74, 6) is 0. The van der Waals surface area contributed by atoms with E-state index in [0.29, 0.717) is 10.0 Å². The molecule has 1 saturated heterocycles. The van der Waals surface area contributed by atoms with Gasteiger partial charge in [0, 0.05) is 35.7 Å². The SMILES string of the molecule is OCC1CNCCCN1Cc1ccc(Cl)cc1Cl. The van der Waals surface area contributed by atoms with Crippen LogP contribution in [0.4, 0.5) is 0 Å². The molecule has 2 rings (SSSR count). The highest BCUT2D eigenvalue weighted by atomic mass is 35.5. The van der Waals surface area contributed by atoms with E-state index >= 15 is 0 Å². The van der Waals surface area contributed by atoms with E-state index in [0.717, 1.165) is 38.2 Å². The lowest BCUT2D eigenvalue weighted by Crippen LogP contribution is -2.41. The maximum absolute atomic E-state index is 9.44. The van der Waals surface area contributed by atoms with Crippen molar-refractivity contribution in [2.24, 2.45) is 0 Å². The minimum absolute atomic E-state index is 0.152. The highest BCUT2D eigenvalue weighted by Gasteiger charge is 2.20. The highest BCUT2D eigenvalue weighted by molar-refractivity contribution is 6.35. The zero-order valence-electron chi connectivity index (χ0n) is 10.2. The highest BCUT2D eigenvalue weighted by Crippen LogP contribution is 2.23. The summed E-state index contributed by atoms with van der Waals surface area (Å²) in [6.45, 7) is 3.71. The van der Waals surface area contributed by atoms with Crippen LogP contribution in [0, 0.1) is 0 Å². The topological polar surface area (TPSA) is 35.5 Å². The second-order valence-corrected chi connectivity index (χ2v) is 5.44. The first kappa shape index (κ1) is 14.1. The molecule has 0 spiro atoms. The van der Waals surface area contributed by atoms with Gasteiger partial charge in [0.2, 0.25) is 0 Å². The molecule has 0 bridgehead atoms. The van der Waals surface area contributed by atoms with Gasteiger partial charge in [-0.2, -0.15) is 0 Å². The van der Waals surface area contributed by atoms with Gasteiger partial charge in [0.25, 0.3) is 0 Å². The lowest BCUT2D eigenvalue weighted by molar-refractivity contribution is 0.126. The third kappa shape index (κ3) is 3.59. The standard InChI is InChI=1S/C13H18Cl2N2O/c14-11-3-2-10(13(15)6-11)8-17-5-1-4-16-7-12(17)9-18/h2-3,6,12,16,18H,1,4-5,7-9H2. The Labute approximate surface area is 118 Å². The summed E-state index contributed by atoms with van der Waals surface area (Å²) in [5.41, 5.74) is 1.06. The van der Waals surface area contributed by atoms with Gasteiger partial charge in [-0.15, -0.1) is 0 Å². The Morgan fingerprint density at radius 2 is 2.22 bits per heavy atom. The van der Waals surface area contributed by atoms with Crippen molar-refractivity contribution in [2.45, 2.75) is 19.0 Å². The van der Waals surface area contributed by atoms with Gasteiger partial charge in [0.1, 0.15) is 0 Å². The van der Waals surface area contributed by atoms with E-state index in [4.69, 9.17) is 23.2 Å². The number of nitrogens with one attached hydrogen (secondary N) is 1. The minimum Gasteiger partial charge on any atom is -0.395 e. The van der Waals surface area contributed by atoms with Gasteiger partial charge in [0.05, 0.1) is 6.61 Å². The molecule has 0 saturated carbocycles. The molecule has 1 heterocycles. The average Bonchev–Trinajstić information content (AvgIpc) is 2.57. The van der Waals surface area contributed by atoms with Crippen molar-refractivity contribution in [2.75, 3.05) is 26.2 Å². The molecule has 2 N–H and O–H groups in total. The first-order valence-corrected chi connectivity index (χ1v) is 6.96. The first-order valence-electron chi connectivity index (χ1n) is 6.20. The maximum Gasteiger partial charge on any atom is 0.0599 e. The molecule has 1 fully saturated rings. The van der Waals surface area contributed by atoms with E-state index < -0.39 is 0 Å². The van der Waals surface area contributed by atoms with Crippen LogP contribution in [0.15, 0.2) is 18.2 Å². The Morgan fingerprint density at radius 3 is 2.94 bits per heavy atom. The molecule has 0 radical (unpaired) electrons. The molecule has 18 heavy (non-hydrogen) atoms. The molecule has 1 aromatic carbocycles. The lowest BCUT2D eigenvalue weighted by atomic mass is 10.1. The Balaban J connectivity index is 2.10. The quantitative estimate of drug-likeness (QED) is 0.895. The third-order valence-electron chi connectivity index (χ3n) is 3.29. The van der Waals surface area contributed by atoms with Gasteiger partial charge in [-0.1, -0.05) is 29.3 Å². The van der Waals surface area contributed by atoms with Crippen molar-refractivity contribution in [3.05, 3.63) is 33.8 Å². The average molecular weight is 289 g/mol. The van der Waals surface area contributed by atoms with Crippen molar-refractivity contribution in [1.82, 2.24) is 10.2 Å². The van der Waals surface area contributed by atoms with Gasteiger partial charge >= 0.3 is 0 Å². The molecule has 5 heteroatoms. The third-order valence-corrected chi connectivity index (χ3v) is 3.88. The predicted octanol–water partition coefficient (Wildman–Crippen LogP) is 2.15. The van der Waals surface area contributed by atoms with Crippen molar-refractivity contribution >= 4 is 23.2 Å². The van der Waals surface area contributed by atoms with Crippen LogP contribution in [0.2, 0.25) is 10.0 Å². The molecule has 3 nitrogen and oxygen atoms in total. The van der Waals surface area contributed by atoms with Gasteiger partial charge in [-0.25, -0.2) is 0 Å². The van der Waals surface area contributed by atoms with Gasteiger partial charge in [-0.3, -0.25) is 4.90 Å². The number of aliphatic hydroxyl groups excluding tert-OH is 1. The molecular formula is C13H18Cl2N2O. The maximum atomic E-state index is 9.44. The summed E-state index contributed by atoms with van der Waals surface area (Å²) in [6.07, 6.45) is 1.09. The lowest BCUT2D eigenvalue weighted by Gasteiger charge is -2.28. The van der Waals surface area contributed by atoms with E-state index in [1.165, 1.54) is 0 Å². The number of nitrogens with zero attached hydrogens (tertiary/aromatic N) is 1. The second-order valence-electron chi connectivity index (χ2n) is 4.60. The monoisotopic (exact) mass is 288 g/mol. The number of rotatable bonds is 3. The summed E-state index contributed by atoms with van der Waals surface area (Å²) in [4.78, 5) is 2.27. The van der Waals surface area contributed by atoms with Crippen molar-refractivity contribution < 1.29 is 5.11 Å². The Morgan fingerprint density at radius 1 is 1.39 bits per heavy atom. The van der Waals surface area contributed by atoms with Gasteiger partial charge in [-0.05, 0) is 30.7 Å². The summed E-state index contributed by atoms with van der Waals surface area (Å²) < 4.78 is 0. The molecule has 1 aromatic rings. The molecule has 1 atom stereocenters. The first-order chi connectivity index (χ1) is 8.70. The normalized spacial score (nSPS) is 21.8. The van der Waals surface area contributed by atoms with Crippen LogP contribution in [-0.4, -0.2) is 42.3 Å². The summed E-state index contributed by atoms with van der Waals surface area (Å²) in [5, 5.41) is 14.1. The Kier molecular flexibility index (Phi) is 5.27. The van der Waals surface area contributed by atoms with E-state index in [2.05, 4.69) is 10.2 Å². The van der Waals surface area contributed by atoms with E-state index in [9.17, 15) is 5.11 Å². The molecule has 1 aliphatic heterocycles. The van der Waals surface area contributed by atoms with Crippen LogP contribution in [0.5, 0.6) is 0 Å². The van der Waals surface area contributed by atoms with Gasteiger partial charge in [0.15, 0.2) is 0 Å². The molecular weight excluding hydrogens is 271 g/mol. The van der Waals surface area contributed by atoms with Crippen LogP contribution < -0.4 is 5.32 Å². The summed E-state index contributed by atoms with van der Waals surface area (Å²) in [6, 6.07) is 5.73. The largest absolute Gasteiger partial charge is 0.395 e. The number of hydrogen-bond acceptors (Lipinski definition) is 3. The van der Waals surface area contributed by atoms with Gasteiger partial charge < -0.3 is 10.4 Å². The van der Waals surface area contributed by atoms with Crippen LogP contribution in [0.3, 0.4) is 0 Å².